The lowest BCUT2D eigenvalue weighted by atomic mass is 9.84. The van der Waals surface area contributed by atoms with Crippen molar-refractivity contribution >= 4 is 5.91 Å². The first-order valence-corrected chi connectivity index (χ1v) is 9.22. The van der Waals surface area contributed by atoms with Crippen molar-refractivity contribution in [2.75, 3.05) is 13.1 Å². The third-order valence-corrected chi connectivity index (χ3v) is 5.76. The average molecular weight is 335 g/mol. The summed E-state index contributed by atoms with van der Waals surface area (Å²) in [6.07, 6.45) is 5.71. The van der Waals surface area contributed by atoms with Gasteiger partial charge in [-0.15, -0.1) is 0 Å². The normalized spacial score (nSPS) is 20.3. The van der Waals surface area contributed by atoms with E-state index in [0.29, 0.717) is 12.3 Å². The molecule has 4 rings (SSSR count). The van der Waals surface area contributed by atoms with Crippen LogP contribution in [0.15, 0.2) is 54.7 Å². The van der Waals surface area contributed by atoms with Gasteiger partial charge in [0.15, 0.2) is 0 Å². The Labute approximate surface area is 149 Å². The molecule has 3 heterocycles. The summed E-state index contributed by atoms with van der Waals surface area (Å²) in [6, 6.07) is 16.5. The van der Waals surface area contributed by atoms with Crippen molar-refractivity contribution in [1.29, 1.82) is 0 Å². The molecule has 0 radical (unpaired) electrons. The SMILES string of the molecule is O=C1CCC2(CCN(Cc3ccccn3)CC2)N1Cc1ccccc1. The van der Waals surface area contributed by atoms with Crippen LogP contribution in [-0.4, -0.2) is 39.3 Å². The van der Waals surface area contributed by atoms with E-state index in [1.807, 2.05) is 24.4 Å². The molecular weight excluding hydrogens is 310 g/mol. The number of likely N-dealkylation sites (tertiary alicyclic amines) is 2. The number of carbonyl (C=O) groups excluding carboxylic acids is 1. The maximum atomic E-state index is 12.5. The van der Waals surface area contributed by atoms with Gasteiger partial charge in [0, 0.05) is 44.3 Å². The summed E-state index contributed by atoms with van der Waals surface area (Å²) in [5, 5.41) is 0. The van der Waals surface area contributed by atoms with Crippen molar-refractivity contribution in [3.8, 4) is 0 Å². The van der Waals surface area contributed by atoms with Gasteiger partial charge in [-0.25, -0.2) is 0 Å². The molecule has 4 nitrogen and oxygen atoms in total. The lowest BCUT2D eigenvalue weighted by Gasteiger charge is -2.45. The number of hydrogen-bond acceptors (Lipinski definition) is 3. The van der Waals surface area contributed by atoms with Gasteiger partial charge >= 0.3 is 0 Å². The number of hydrogen-bond donors (Lipinski definition) is 0. The maximum absolute atomic E-state index is 12.5. The molecule has 1 aromatic carbocycles. The number of pyridine rings is 1. The van der Waals surface area contributed by atoms with Crippen molar-refractivity contribution < 1.29 is 4.79 Å². The fourth-order valence-electron chi connectivity index (χ4n) is 4.26. The quantitative estimate of drug-likeness (QED) is 0.861. The van der Waals surface area contributed by atoms with E-state index >= 15 is 0 Å². The molecule has 4 heteroatoms. The van der Waals surface area contributed by atoms with E-state index in [1.54, 1.807) is 0 Å². The highest BCUT2D eigenvalue weighted by atomic mass is 16.2. The second-order valence-corrected chi connectivity index (χ2v) is 7.29. The molecule has 2 aliphatic rings. The zero-order chi connectivity index (χ0) is 17.1. The third kappa shape index (κ3) is 3.45. The van der Waals surface area contributed by atoms with E-state index < -0.39 is 0 Å². The molecule has 130 valence electrons. The fourth-order valence-corrected chi connectivity index (χ4v) is 4.26. The Bertz CT molecular complexity index is 708. The Kier molecular flexibility index (Phi) is 4.53. The predicted octanol–water partition coefficient (Wildman–Crippen LogP) is 3.24. The third-order valence-electron chi connectivity index (χ3n) is 5.76. The van der Waals surface area contributed by atoms with Crippen molar-refractivity contribution in [3.05, 3.63) is 66.0 Å². The Morgan fingerprint density at radius 1 is 0.920 bits per heavy atom. The first kappa shape index (κ1) is 16.3. The lowest BCUT2D eigenvalue weighted by Crippen LogP contribution is -2.52. The number of rotatable bonds is 4. The largest absolute Gasteiger partial charge is 0.333 e. The molecule has 1 amide bonds. The average Bonchev–Trinajstić information content (AvgIpc) is 2.95. The zero-order valence-corrected chi connectivity index (χ0v) is 14.6. The minimum Gasteiger partial charge on any atom is -0.333 e. The van der Waals surface area contributed by atoms with Gasteiger partial charge in [0.05, 0.1) is 5.69 Å². The summed E-state index contributed by atoms with van der Waals surface area (Å²) in [6.45, 7) is 3.73. The molecule has 1 spiro atoms. The van der Waals surface area contributed by atoms with Gasteiger partial charge in [-0.2, -0.15) is 0 Å². The topological polar surface area (TPSA) is 36.4 Å². The number of nitrogens with zero attached hydrogens (tertiary/aromatic N) is 3. The van der Waals surface area contributed by atoms with Crippen LogP contribution in [0, 0.1) is 0 Å². The summed E-state index contributed by atoms with van der Waals surface area (Å²) in [4.78, 5) is 21.6. The summed E-state index contributed by atoms with van der Waals surface area (Å²) in [5.41, 5.74) is 2.42. The van der Waals surface area contributed by atoms with Gasteiger partial charge in [0.25, 0.3) is 0 Å². The number of amides is 1. The molecular formula is C21H25N3O. The zero-order valence-electron chi connectivity index (χ0n) is 14.6. The molecule has 0 unspecified atom stereocenters. The maximum Gasteiger partial charge on any atom is 0.223 e. The van der Waals surface area contributed by atoms with E-state index in [-0.39, 0.29) is 5.54 Å². The molecule has 0 aliphatic carbocycles. The van der Waals surface area contributed by atoms with Gasteiger partial charge in [-0.1, -0.05) is 36.4 Å². The van der Waals surface area contributed by atoms with Crippen LogP contribution in [0.3, 0.4) is 0 Å². The van der Waals surface area contributed by atoms with Gasteiger partial charge in [0.2, 0.25) is 5.91 Å². The van der Waals surface area contributed by atoms with Crippen LogP contribution in [0.25, 0.3) is 0 Å². The summed E-state index contributed by atoms with van der Waals surface area (Å²) >= 11 is 0. The van der Waals surface area contributed by atoms with E-state index in [4.69, 9.17) is 0 Å². The number of aromatic nitrogens is 1. The van der Waals surface area contributed by atoms with Crippen LogP contribution < -0.4 is 0 Å². The van der Waals surface area contributed by atoms with Crippen LogP contribution in [0.2, 0.25) is 0 Å². The second-order valence-electron chi connectivity index (χ2n) is 7.29. The van der Waals surface area contributed by atoms with E-state index in [9.17, 15) is 4.79 Å². The minimum atomic E-state index is 0.0630. The summed E-state index contributed by atoms with van der Waals surface area (Å²) in [5.74, 6) is 0.321. The molecule has 1 aromatic heterocycles. The van der Waals surface area contributed by atoms with Gasteiger partial charge in [0.1, 0.15) is 0 Å². The number of carbonyl (C=O) groups is 1. The van der Waals surface area contributed by atoms with Crippen LogP contribution in [-0.2, 0) is 17.9 Å². The molecule has 0 bridgehead atoms. The van der Waals surface area contributed by atoms with Crippen molar-refractivity contribution in [2.24, 2.45) is 0 Å². The second kappa shape index (κ2) is 6.96. The smallest absolute Gasteiger partial charge is 0.223 e. The predicted molar refractivity (Wildman–Crippen MR) is 97.7 cm³/mol. The van der Waals surface area contributed by atoms with E-state index in [0.717, 1.165) is 51.1 Å². The molecule has 0 N–H and O–H groups in total. The van der Waals surface area contributed by atoms with E-state index in [1.165, 1.54) is 5.56 Å². The standard InChI is InChI=1S/C21H25N3O/c25-20-9-10-21(24(20)16-18-6-2-1-3-7-18)11-14-23(15-12-21)17-19-8-4-5-13-22-19/h1-8,13H,9-12,14-17H2. The Balaban J connectivity index is 1.42. The van der Waals surface area contributed by atoms with Crippen molar-refractivity contribution in [2.45, 2.75) is 44.3 Å². The van der Waals surface area contributed by atoms with Crippen LogP contribution in [0.5, 0.6) is 0 Å². The van der Waals surface area contributed by atoms with Gasteiger partial charge in [-0.3, -0.25) is 14.7 Å². The highest BCUT2D eigenvalue weighted by molar-refractivity contribution is 5.79. The van der Waals surface area contributed by atoms with Crippen molar-refractivity contribution in [3.63, 3.8) is 0 Å². The number of piperidine rings is 1. The lowest BCUT2D eigenvalue weighted by molar-refractivity contribution is -0.133. The number of benzene rings is 1. The van der Waals surface area contributed by atoms with Gasteiger partial charge in [-0.05, 0) is 37.0 Å². The molecule has 0 atom stereocenters. The Hall–Kier alpha value is -2.20. The Morgan fingerprint density at radius 2 is 1.68 bits per heavy atom. The fraction of sp³-hybridized carbons (Fsp3) is 0.429. The molecule has 2 saturated heterocycles. The van der Waals surface area contributed by atoms with Crippen LogP contribution in [0.4, 0.5) is 0 Å². The van der Waals surface area contributed by atoms with E-state index in [2.05, 4.69) is 45.1 Å². The Morgan fingerprint density at radius 3 is 2.40 bits per heavy atom. The van der Waals surface area contributed by atoms with Crippen LogP contribution in [0.1, 0.15) is 36.9 Å². The van der Waals surface area contributed by atoms with Crippen LogP contribution >= 0.6 is 0 Å². The molecule has 25 heavy (non-hydrogen) atoms. The highest BCUT2D eigenvalue weighted by Crippen LogP contribution is 2.40. The molecule has 0 saturated carbocycles. The minimum absolute atomic E-state index is 0.0630. The first-order valence-electron chi connectivity index (χ1n) is 9.22. The first-order chi connectivity index (χ1) is 12.3. The summed E-state index contributed by atoms with van der Waals surface area (Å²) in [7, 11) is 0. The molecule has 2 fully saturated rings. The monoisotopic (exact) mass is 335 g/mol. The summed E-state index contributed by atoms with van der Waals surface area (Å²) < 4.78 is 0. The molecule has 2 aliphatic heterocycles. The van der Waals surface area contributed by atoms with Gasteiger partial charge < -0.3 is 4.90 Å². The molecule has 2 aromatic rings. The van der Waals surface area contributed by atoms with Crippen molar-refractivity contribution in [1.82, 2.24) is 14.8 Å². The highest BCUT2D eigenvalue weighted by Gasteiger charge is 2.46.